The SMILES string of the molecule is C[C@H](CC(=O)CC[C@]1(C)C2(CCC[C@]1(C)CCO[Si](C)(C)C(C)(C)C)OCCO2)C[C@@H]1CN(C(=O)OC(C)(C)C)C(C)(C)O1. The molecule has 0 bridgehead atoms. The van der Waals surface area contributed by atoms with E-state index in [1.807, 2.05) is 34.6 Å². The molecule has 256 valence electrons. The first-order valence-corrected chi connectivity index (χ1v) is 20.0. The van der Waals surface area contributed by atoms with Crippen molar-refractivity contribution in [1.29, 1.82) is 0 Å². The molecule has 1 spiro atoms. The van der Waals surface area contributed by atoms with Crippen LogP contribution in [0.4, 0.5) is 4.79 Å². The van der Waals surface area contributed by atoms with E-state index >= 15 is 0 Å². The Morgan fingerprint density at radius 3 is 2.16 bits per heavy atom. The molecule has 8 nitrogen and oxygen atoms in total. The largest absolute Gasteiger partial charge is 0.444 e. The van der Waals surface area contributed by atoms with Crippen LogP contribution in [0, 0.1) is 16.7 Å². The molecule has 3 aliphatic rings. The lowest BCUT2D eigenvalue weighted by Crippen LogP contribution is -2.59. The van der Waals surface area contributed by atoms with Crippen LogP contribution in [0.25, 0.3) is 0 Å². The summed E-state index contributed by atoms with van der Waals surface area (Å²) in [7, 11) is -1.87. The standard InChI is InChI=1S/C35H65NO7Si/c1-26(24-28-25-36(32(8,9)42-28)29(38)43-30(2,3)4)23-27(37)15-18-34(11)33(10,16-14-17-35(34)39-21-22-40-35)19-20-41-44(12,13)31(5,6)7/h26,28H,14-25H2,1-13H3/t26-,28-,33-,34+/m1/s1. The van der Waals surface area contributed by atoms with E-state index in [4.69, 9.17) is 23.4 Å². The molecule has 2 aliphatic heterocycles. The molecular formula is C35H65NO7Si. The predicted molar refractivity (Wildman–Crippen MR) is 177 cm³/mol. The maximum Gasteiger partial charge on any atom is 0.412 e. The lowest BCUT2D eigenvalue weighted by atomic mass is 9.51. The highest BCUT2D eigenvalue weighted by molar-refractivity contribution is 6.74. The Balaban J connectivity index is 1.63. The quantitative estimate of drug-likeness (QED) is 0.210. The lowest BCUT2D eigenvalue weighted by molar-refractivity contribution is -0.292. The van der Waals surface area contributed by atoms with Crippen molar-refractivity contribution in [3.05, 3.63) is 0 Å². The van der Waals surface area contributed by atoms with Crippen LogP contribution in [0.2, 0.25) is 18.1 Å². The van der Waals surface area contributed by atoms with Gasteiger partial charge in [0.1, 0.15) is 17.1 Å². The number of Topliss-reactive ketones (excluding diaryl/α,β-unsaturated/α-hetero) is 1. The molecule has 0 radical (unpaired) electrons. The van der Waals surface area contributed by atoms with E-state index < -0.39 is 25.4 Å². The second-order valence-corrected chi connectivity index (χ2v) is 22.2. The predicted octanol–water partition coefficient (Wildman–Crippen LogP) is 8.48. The Morgan fingerprint density at radius 2 is 1.59 bits per heavy atom. The number of ether oxygens (including phenoxy) is 4. The second-order valence-electron chi connectivity index (χ2n) is 17.4. The van der Waals surface area contributed by atoms with Crippen LogP contribution < -0.4 is 0 Å². The fourth-order valence-electron chi connectivity index (χ4n) is 7.36. The van der Waals surface area contributed by atoms with Crippen molar-refractivity contribution in [3.8, 4) is 0 Å². The van der Waals surface area contributed by atoms with Crippen molar-refractivity contribution in [2.24, 2.45) is 16.7 Å². The first kappa shape index (κ1) is 37.5. The zero-order valence-corrected chi connectivity index (χ0v) is 31.4. The van der Waals surface area contributed by atoms with Gasteiger partial charge >= 0.3 is 6.09 Å². The van der Waals surface area contributed by atoms with Gasteiger partial charge in [-0.15, -0.1) is 0 Å². The van der Waals surface area contributed by atoms with Crippen LogP contribution in [0.1, 0.15) is 128 Å². The zero-order valence-electron chi connectivity index (χ0n) is 30.4. The Kier molecular flexibility index (Phi) is 11.3. The van der Waals surface area contributed by atoms with Gasteiger partial charge in [-0.2, -0.15) is 0 Å². The van der Waals surface area contributed by atoms with Crippen LogP contribution in [0.15, 0.2) is 0 Å². The van der Waals surface area contributed by atoms with Crippen molar-refractivity contribution in [1.82, 2.24) is 4.90 Å². The van der Waals surface area contributed by atoms with Crippen LogP contribution in [0.5, 0.6) is 0 Å². The molecule has 2 saturated heterocycles. The molecule has 3 rings (SSSR count). The van der Waals surface area contributed by atoms with E-state index in [1.54, 1.807) is 4.90 Å². The highest BCUT2D eigenvalue weighted by Gasteiger charge is 2.63. The summed E-state index contributed by atoms with van der Waals surface area (Å²) in [4.78, 5) is 28.0. The number of amides is 1. The molecule has 9 heteroatoms. The van der Waals surface area contributed by atoms with Gasteiger partial charge in [0.2, 0.25) is 0 Å². The van der Waals surface area contributed by atoms with Gasteiger partial charge in [-0.3, -0.25) is 9.69 Å². The molecule has 2 heterocycles. The van der Waals surface area contributed by atoms with E-state index in [2.05, 4.69) is 54.6 Å². The molecule has 4 atom stereocenters. The number of ketones is 1. The van der Waals surface area contributed by atoms with Crippen LogP contribution in [0.3, 0.4) is 0 Å². The fourth-order valence-corrected chi connectivity index (χ4v) is 8.41. The van der Waals surface area contributed by atoms with Crippen molar-refractivity contribution in [2.75, 3.05) is 26.4 Å². The Bertz CT molecular complexity index is 1010. The van der Waals surface area contributed by atoms with Crippen molar-refractivity contribution >= 4 is 20.2 Å². The van der Waals surface area contributed by atoms with Crippen LogP contribution >= 0.6 is 0 Å². The molecule has 1 amide bonds. The third kappa shape index (κ3) is 8.28. The summed E-state index contributed by atoms with van der Waals surface area (Å²) in [6, 6.07) is 0. The Labute approximate surface area is 269 Å². The summed E-state index contributed by atoms with van der Waals surface area (Å²) in [5.41, 5.74) is -1.70. The van der Waals surface area contributed by atoms with Crippen LogP contribution in [-0.4, -0.2) is 74.7 Å². The highest BCUT2D eigenvalue weighted by atomic mass is 28.4. The summed E-state index contributed by atoms with van der Waals surface area (Å²) < 4.78 is 31.4. The summed E-state index contributed by atoms with van der Waals surface area (Å²) in [6.07, 6.45) is 5.85. The number of carbonyl (C=O) groups excluding carboxylic acids is 2. The van der Waals surface area contributed by atoms with E-state index in [0.717, 1.165) is 38.7 Å². The molecule has 3 fully saturated rings. The maximum absolute atomic E-state index is 13.5. The zero-order chi connectivity index (χ0) is 33.4. The first-order valence-electron chi connectivity index (χ1n) is 17.1. The number of hydrogen-bond donors (Lipinski definition) is 0. The number of rotatable bonds is 11. The topological polar surface area (TPSA) is 83.5 Å². The van der Waals surface area contributed by atoms with Gasteiger partial charge < -0.3 is 23.4 Å². The molecule has 0 aromatic rings. The average molecular weight is 640 g/mol. The van der Waals surface area contributed by atoms with Gasteiger partial charge in [0.25, 0.3) is 0 Å². The van der Waals surface area contributed by atoms with Crippen molar-refractivity contribution in [2.45, 2.75) is 169 Å². The van der Waals surface area contributed by atoms with E-state index in [0.29, 0.717) is 39.0 Å². The van der Waals surface area contributed by atoms with Gasteiger partial charge in [0.05, 0.1) is 25.9 Å². The molecule has 44 heavy (non-hydrogen) atoms. The second kappa shape index (κ2) is 13.2. The fraction of sp³-hybridized carbons (Fsp3) is 0.943. The molecule has 0 N–H and O–H groups in total. The van der Waals surface area contributed by atoms with Gasteiger partial charge in [-0.05, 0) is 96.2 Å². The third-order valence-corrected chi connectivity index (χ3v) is 15.9. The minimum atomic E-state index is -1.87. The highest BCUT2D eigenvalue weighted by Crippen LogP contribution is 2.62. The summed E-state index contributed by atoms with van der Waals surface area (Å²) in [5.74, 6) is -0.242. The van der Waals surface area contributed by atoms with Gasteiger partial charge in [-0.25, -0.2) is 4.79 Å². The normalized spacial score (nSPS) is 29.7. The molecule has 0 aromatic heterocycles. The number of nitrogens with zero attached hydrogens (tertiary/aromatic N) is 1. The summed E-state index contributed by atoms with van der Waals surface area (Å²) in [5, 5.41) is 0.166. The van der Waals surface area contributed by atoms with Crippen LogP contribution in [-0.2, 0) is 28.2 Å². The Hall–Kier alpha value is -1.00. The van der Waals surface area contributed by atoms with E-state index in [9.17, 15) is 9.59 Å². The molecular weight excluding hydrogens is 574 g/mol. The van der Waals surface area contributed by atoms with E-state index in [1.165, 1.54) is 0 Å². The monoisotopic (exact) mass is 639 g/mol. The Morgan fingerprint density at radius 1 is 0.977 bits per heavy atom. The van der Waals surface area contributed by atoms with Gasteiger partial charge in [0.15, 0.2) is 14.1 Å². The lowest BCUT2D eigenvalue weighted by Gasteiger charge is -2.59. The number of carbonyl (C=O) groups is 2. The third-order valence-electron chi connectivity index (χ3n) is 11.3. The minimum absolute atomic E-state index is 0.0712. The smallest absolute Gasteiger partial charge is 0.412 e. The maximum atomic E-state index is 13.5. The first-order chi connectivity index (χ1) is 20.0. The van der Waals surface area contributed by atoms with Crippen molar-refractivity contribution in [3.63, 3.8) is 0 Å². The van der Waals surface area contributed by atoms with Gasteiger partial charge in [-0.1, -0.05) is 41.5 Å². The van der Waals surface area contributed by atoms with Gasteiger partial charge in [0, 0.05) is 31.3 Å². The average Bonchev–Trinajstić information content (AvgIpc) is 3.44. The molecule has 0 aromatic carbocycles. The molecule has 0 unspecified atom stereocenters. The molecule has 1 aliphatic carbocycles. The number of hydrogen-bond acceptors (Lipinski definition) is 7. The summed E-state index contributed by atoms with van der Waals surface area (Å²) >= 11 is 0. The molecule has 1 saturated carbocycles. The van der Waals surface area contributed by atoms with E-state index in [-0.39, 0.29) is 39.8 Å². The minimum Gasteiger partial charge on any atom is -0.444 e. The van der Waals surface area contributed by atoms with Crippen molar-refractivity contribution < 1.29 is 33.0 Å². The summed E-state index contributed by atoms with van der Waals surface area (Å²) in [6.45, 7) is 30.1.